The van der Waals surface area contributed by atoms with Crippen molar-refractivity contribution in [2.75, 3.05) is 5.75 Å². The van der Waals surface area contributed by atoms with Crippen molar-refractivity contribution in [2.24, 2.45) is 4.99 Å². The van der Waals surface area contributed by atoms with Crippen LogP contribution in [-0.2, 0) is 0 Å². The molecule has 2 aliphatic rings. The highest BCUT2D eigenvalue weighted by Crippen LogP contribution is 2.35. The topological polar surface area (TPSA) is 21.6 Å². The third-order valence-electron chi connectivity index (χ3n) is 2.36. The van der Waals surface area contributed by atoms with Gasteiger partial charge in [0.15, 0.2) is 0 Å². The zero-order valence-corrected chi connectivity index (χ0v) is 8.33. The lowest BCUT2D eigenvalue weighted by atomic mass is 10.1. The molecule has 2 nitrogen and oxygen atoms in total. The zero-order chi connectivity index (χ0) is 9.43. The summed E-state index contributed by atoms with van der Waals surface area (Å²) in [6.07, 6.45) is 4.12. The highest BCUT2D eigenvalue weighted by Gasteiger charge is 2.34. The Hall–Kier alpha value is -1.22. The second kappa shape index (κ2) is 2.89. The van der Waals surface area contributed by atoms with E-state index < -0.39 is 5.72 Å². The van der Waals surface area contributed by atoms with Gasteiger partial charge in [0, 0.05) is 5.56 Å². The maximum Gasteiger partial charge on any atom is 0.229 e. The molecule has 14 heavy (non-hydrogen) atoms. The summed E-state index contributed by atoms with van der Waals surface area (Å²) < 4.78 is 5.87. The summed E-state index contributed by atoms with van der Waals surface area (Å²) >= 11 is 1.69. The smallest absolute Gasteiger partial charge is 0.229 e. The van der Waals surface area contributed by atoms with Crippen molar-refractivity contribution in [3.05, 3.63) is 35.9 Å². The number of aliphatic imine (C=N–C) groups is 1. The fourth-order valence-electron chi connectivity index (χ4n) is 1.62. The number of rotatable bonds is 0. The van der Waals surface area contributed by atoms with Crippen LogP contribution in [0.25, 0.3) is 6.08 Å². The molecule has 1 aromatic rings. The van der Waals surface area contributed by atoms with E-state index in [1.54, 1.807) is 11.8 Å². The molecule has 2 heterocycles. The molecule has 3 heteroatoms. The first kappa shape index (κ1) is 8.12. The number of benzene rings is 1. The third-order valence-corrected chi connectivity index (χ3v) is 3.20. The van der Waals surface area contributed by atoms with Crippen LogP contribution in [0, 0.1) is 0 Å². The standard InChI is InChI=1S/C11H9NOS/c1-2-4-10-9(3-1)5-6-11(13-10)7-14-8-12-11/h1-6,8H,7H2. The van der Waals surface area contributed by atoms with Gasteiger partial charge in [0.25, 0.3) is 0 Å². The number of fused-ring (bicyclic) bond motifs is 1. The molecule has 70 valence electrons. The molecular weight excluding hydrogens is 194 g/mol. The second-order valence-corrected chi connectivity index (χ2v) is 4.20. The van der Waals surface area contributed by atoms with Gasteiger partial charge in [0.2, 0.25) is 5.72 Å². The summed E-state index contributed by atoms with van der Waals surface area (Å²) in [6, 6.07) is 8.03. The van der Waals surface area contributed by atoms with Crippen LogP contribution >= 0.6 is 11.8 Å². The van der Waals surface area contributed by atoms with Gasteiger partial charge in [-0.25, -0.2) is 4.99 Å². The summed E-state index contributed by atoms with van der Waals surface area (Å²) in [7, 11) is 0. The summed E-state index contributed by atoms with van der Waals surface area (Å²) in [5, 5.41) is 0. The third kappa shape index (κ3) is 1.16. The fraction of sp³-hybridized carbons (Fsp3) is 0.182. The van der Waals surface area contributed by atoms with Crippen LogP contribution in [0.15, 0.2) is 35.3 Å². The first-order chi connectivity index (χ1) is 6.88. The number of hydrogen-bond acceptors (Lipinski definition) is 3. The molecule has 0 bridgehead atoms. The summed E-state index contributed by atoms with van der Waals surface area (Å²) in [4.78, 5) is 4.35. The van der Waals surface area contributed by atoms with Gasteiger partial charge in [-0.05, 0) is 18.2 Å². The molecular formula is C11H9NOS. The molecule has 0 radical (unpaired) electrons. The van der Waals surface area contributed by atoms with E-state index in [2.05, 4.69) is 11.1 Å². The molecule has 0 saturated heterocycles. The molecule has 1 unspecified atom stereocenters. The fourth-order valence-corrected chi connectivity index (χ4v) is 2.42. The number of thioether (sulfide) groups is 1. The molecule has 1 atom stereocenters. The van der Waals surface area contributed by atoms with E-state index in [9.17, 15) is 0 Å². The minimum atomic E-state index is -0.432. The van der Waals surface area contributed by atoms with Gasteiger partial charge in [0.05, 0.1) is 11.3 Å². The molecule has 1 aromatic carbocycles. The SMILES string of the molecule is C1=CC2(CSC=N2)Oc2ccccc21. The molecule has 0 amide bonds. The minimum absolute atomic E-state index is 0.432. The Morgan fingerprint density at radius 2 is 2.29 bits per heavy atom. The normalized spacial score (nSPS) is 27.7. The van der Waals surface area contributed by atoms with Gasteiger partial charge in [-0.15, -0.1) is 11.8 Å². The maximum atomic E-state index is 5.87. The van der Waals surface area contributed by atoms with Gasteiger partial charge in [-0.2, -0.15) is 0 Å². The van der Waals surface area contributed by atoms with Crippen molar-refractivity contribution in [3.8, 4) is 5.75 Å². The second-order valence-electron chi connectivity index (χ2n) is 3.36. The number of ether oxygens (including phenoxy) is 1. The first-order valence-electron chi connectivity index (χ1n) is 4.51. The monoisotopic (exact) mass is 203 g/mol. The Morgan fingerprint density at radius 3 is 3.14 bits per heavy atom. The molecule has 0 fully saturated rings. The zero-order valence-electron chi connectivity index (χ0n) is 7.51. The van der Waals surface area contributed by atoms with Crippen molar-refractivity contribution in [1.82, 2.24) is 0 Å². The van der Waals surface area contributed by atoms with Crippen molar-refractivity contribution in [3.63, 3.8) is 0 Å². The van der Waals surface area contributed by atoms with Crippen molar-refractivity contribution < 1.29 is 4.74 Å². The van der Waals surface area contributed by atoms with Crippen molar-refractivity contribution in [2.45, 2.75) is 5.72 Å². The van der Waals surface area contributed by atoms with Crippen LogP contribution in [0.4, 0.5) is 0 Å². The predicted molar refractivity (Wildman–Crippen MR) is 59.8 cm³/mol. The predicted octanol–water partition coefficient (Wildman–Crippen LogP) is 2.56. The first-order valence-corrected chi connectivity index (χ1v) is 5.55. The Kier molecular flexibility index (Phi) is 1.67. The summed E-state index contributed by atoms with van der Waals surface area (Å²) in [6.45, 7) is 0. The van der Waals surface area contributed by atoms with Crippen LogP contribution in [-0.4, -0.2) is 17.0 Å². The van der Waals surface area contributed by atoms with Crippen LogP contribution in [0.1, 0.15) is 5.56 Å². The number of hydrogen-bond donors (Lipinski definition) is 0. The lowest BCUT2D eigenvalue weighted by Gasteiger charge is -2.27. The largest absolute Gasteiger partial charge is 0.461 e. The average Bonchev–Trinajstić information content (AvgIpc) is 2.66. The van der Waals surface area contributed by atoms with Crippen LogP contribution in [0.5, 0.6) is 5.75 Å². The van der Waals surface area contributed by atoms with Gasteiger partial charge in [-0.1, -0.05) is 18.2 Å². The molecule has 0 saturated carbocycles. The quantitative estimate of drug-likeness (QED) is 0.646. The number of para-hydroxylation sites is 1. The van der Waals surface area contributed by atoms with E-state index in [4.69, 9.17) is 4.74 Å². The van der Waals surface area contributed by atoms with E-state index in [0.29, 0.717) is 0 Å². The lowest BCUT2D eigenvalue weighted by Crippen LogP contribution is -2.33. The minimum Gasteiger partial charge on any atom is -0.461 e. The van der Waals surface area contributed by atoms with Gasteiger partial charge >= 0.3 is 0 Å². The maximum absolute atomic E-state index is 5.87. The lowest BCUT2D eigenvalue weighted by molar-refractivity contribution is 0.156. The van der Waals surface area contributed by atoms with E-state index >= 15 is 0 Å². The van der Waals surface area contributed by atoms with Crippen LogP contribution in [0.3, 0.4) is 0 Å². The highest BCUT2D eigenvalue weighted by molar-refractivity contribution is 8.12. The summed E-state index contributed by atoms with van der Waals surface area (Å²) in [5.74, 6) is 1.80. The van der Waals surface area contributed by atoms with E-state index in [1.165, 1.54) is 0 Å². The van der Waals surface area contributed by atoms with Crippen LogP contribution < -0.4 is 4.74 Å². The molecule has 1 spiro atoms. The Bertz CT molecular complexity index is 427. The average molecular weight is 203 g/mol. The van der Waals surface area contributed by atoms with Gasteiger partial charge < -0.3 is 4.74 Å². The van der Waals surface area contributed by atoms with E-state index in [0.717, 1.165) is 17.1 Å². The molecule has 3 rings (SSSR count). The number of nitrogens with zero attached hydrogens (tertiary/aromatic N) is 1. The Balaban J connectivity index is 2.04. The van der Waals surface area contributed by atoms with Gasteiger partial charge in [0.1, 0.15) is 5.75 Å². The van der Waals surface area contributed by atoms with Crippen molar-refractivity contribution in [1.29, 1.82) is 0 Å². The molecule has 2 aliphatic heterocycles. The molecule has 0 aliphatic carbocycles. The highest BCUT2D eigenvalue weighted by atomic mass is 32.2. The Morgan fingerprint density at radius 1 is 1.36 bits per heavy atom. The molecule has 0 N–H and O–H groups in total. The Labute approximate surface area is 86.7 Å². The van der Waals surface area contributed by atoms with E-state index in [-0.39, 0.29) is 0 Å². The van der Waals surface area contributed by atoms with E-state index in [1.807, 2.05) is 35.9 Å². The van der Waals surface area contributed by atoms with Gasteiger partial charge in [-0.3, -0.25) is 0 Å². The van der Waals surface area contributed by atoms with Crippen LogP contribution in [0.2, 0.25) is 0 Å². The molecule has 0 aromatic heterocycles. The summed E-state index contributed by atoms with van der Waals surface area (Å²) in [5.41, 5.74) is 2.56. The van der Waals surface area contributed by atoms with Crippen molar-refractivity contribution >= 4 is 23.4 Å².